The van der Waals surface area contributed by atoms with E-state index < -0.39 is 0 Å². The standard InChI is InChI=1S/C25H35B/c1-17-6-8-21(16-25(5,26)15-17)13-23-14-22(9-7-20(23)4)24-11-18(2)10-19(3)12-24/h6-9,14,16,18-19,24H,1,10-13,15,26H2,2-5H3. The zero-order chi connectivity index (χ0) is 18.9. The molecule has 0 nitrogen and oxygen atoms in total. The van der Waals surface area contributed by atoms with Gasteiger partial charge in [-0.2, -0.15) is 0 Å². The second-order valence-electron chi connectivity index (χ2n) is 9.85. The molecular formula is C25H35B. The molecule has 0 heterocycles. The predicted molar refractivity (Wildman–Crippen MR) is 118 cm³/mol. The van der Waals surface area contributed by atoms with E-state index in [9.17, 15) is 0 Å². The molecule has 1 fully saturated rings. The summed E-state index contributed by atoms with van der Waals surface area (Å²) < 4.78 is 0. The number of hydrogen-bond donors (Lipinski definition) is 0. The van der Waals surface area contributed by atoms with Gasteiger partial charge in [-0.25, -0.2) is 0 Å². The molecular weight excluding hydrogens is 311 g/mol. The Morgan fingerprint density at radius 1 is 1.12 bits per heavy atom. The molecule has 0 aromatic heterocycles. The monoisotopic (exact) mass is 346 g/mol. The van der Waals surface area contributed by atoms with Crippen molar-refractivity contribution in [2.75, 3.05) is 0 Å². The summed E-state index contributed by atoms with van der Waals surface area (Å²) >= 11 is 0. The fourth-order valence-electron chi connectivity index (χ4n) is 5.15. The van der Waals surface area contributed by atoms with E-state index in [1.165, 1.54) is 41.5 Å². The first kappa shape index (κ1) is 19.3. The molecule has 0 spiro atoms. The number of hydrogen-bond acceptors (Lipinski definition) is 0. The summed E-state index contributed by atoms with van der Waals surface area (Å²) in [7, 11) is 2.32. The van der Waals surface area contributed by atoms with Crippen LogP contribution in [0.1, 0.15) is 69.1 Å². The Balaban J connectivity index is 1.85. The smallest absolute Gasteiger partial charge is 0.0958 e. The number of allylic oxidation sites excluding steroid dienone is 5. The van der Waals surface area contributed by atoms with E-state index >= 15 is 0 Å². The molecule has 0 radical (unpaired) electrons. The van der Waals surface area contributed by atoms with Gasteiger partial charge in [-0.15, -0.1) is 0 Å². The van der Waals surface area contributed by atoms with E-state index in [0.717, 1.165) is 30.6 Å². The quantitative estimate of drug-likeness (QED) is 0.561. The molecule has 1 aromatic carbocycles. The van der Waals surface area contributed by atoms with Crippen molar-refractivity contribution in [2.45, 2.75) is 71.0 Å². The lowest BCUT2D eigenvalue weighted by Crippen LogP contribution is -2.18. The molecule has 1 aromatic rings. The van der Waals surface area contributed by atoms with Gasteiger partial charge in [0.2, 0.25) is 0 Å². The van der Waals surface area contributed by atoms with Gasteiger partial charge >= 0.3 is 0 Å². The van der Waals surface area contributed by atoms with Crippen LogP contribution in [0.3, 0.4) is 0 Å². The van der Waals surface area contributed by atoms with Crippen molar-refractivity contribution in [2.24, 2.45) is 11.8 Å². The average Bonchev–Trinajstić information content (AvgIpc) is 2.65. The lowest BCUT2D eigenvalue weighted by molar-refractivity contribution is 0.268. The molecule has 1 saturated carbocycles. The topological polar surface area (TPSA) is 0 Å². The minimum absolute atomic E-state index is 0.190. The second kappa shape index (κ2) is 7.63. The van der Waals surface area contributed by atoms with Gasteiger partial charge < -0.3 is 0 Å². The van der Waals surface area contributed by atoms with Crippen LogP contribution >= 0.6 is 0 Å². The molecule has 1 heteroatoms. The van der Waals surface area contributed by atoms with E-state index in [-0.39, 0.29) is 5.31 Å². The van der Waals surface area contributed by atoms with Gasteiger partial charge in [-0.3, -0.25) is 0 Å². The SMILES string of the molecule is BC1(C)C=C(Cc2cc(C3CC(C)CC(C)C3)ccc2C)C=CC(=C)C1. The van der Waals surface area contributed by atoms with Crippen molar-refractivity contribution in [3.05, 3.63) is 70.8 Å². The summed E-state index contributed by atoms with van der Waals surface area (Å²) in [6.45, 7) is 13.6. The highest BCUT2D eigenvalue weighted by atomic mass is 14.3. The minimum atomic E-state index is 0.190. The number of benzene rings is 1. The lowest BCUT2D eigenvalue weighted by atomic mass is 9.66. The van der Waals surface area contributed by atoms with Gasteiger partial charge in [0.15, 0.2) is 0 Å². The van der Waals surface area contributed by atoms with E-state index in [4.69, 9.17) is 0 Å². The van der Waals surface area contributed by atoms with E-state index in [1.807, 2.05) is 0 Å². The number of rotatable bonds is 3. The van der Waals surface area contributed by atoms with Crippen molar-refractivity contribution in [1.82, 2.24) is 0 Å². The largest absolute Gasteiger partial charge is 0.114 e. The molecule has 0 aliphatic heterocycles. The molecule has 0 N–H and O–H groups in total. The molecule has 0 saturated heterocycles. The first-order valence-electron chi connectivity index (χ1n) is 10.4. The molecule has 3 rings (SSSR count). The Morgan fingerprint density at radius 3 is 2.50 bits per heavy atom. The van der Waals surface area contributed by atoms with Gasteiger partial charge in [0.1, 0.15) is 7.85 Å². The maximum absolute atomic E-state index is 4.20. The molecule has 138 valence electrons. The normalized spacial score (nSPS) is 32.2. The van der Waals surface area contributed by atoms with Gasteiger partial charge in [-0.05, 0) is 84.4 Å². The highest BCUT2D eigenvalue weighted by Crippen LogP contribution is 2.40. The van der Waals surface area contributed by atoms with E-state index in [2.05, 4.69) is 78.5 Å². The van der Waals surface area contributed by atoms with Crippen LogP contribution in [0.25, 0.3) is 0 Å². The fraction of sp³-hybridized carbons (Fsp3) is 0.520. The zero-order valence-electron chi connectivity index (χ0n) is 17.4. The number of aryl methyl sites for hydroxylation is 1. The van der Waals surface area contributed by atoms with Crippen LogP contribution in [-0.2, 0) is 6.42 Å². The maximum Gasteiger partial charge on any atom is 0.114 e. The van der Waals surface area contributed by atoms with Crippen LogP contribution in [0.2, 0.25) is 5.31 Å². The van der Waals surface area contributed by atoms with Crippen LogP contribution in [-0.4, -0.2) is 7.85 Å². The summed E-state index contributed by atoms with van der Waals surface area (Å²) in [5, 5.41) is 0.190. The third-order valence-corrected chi connectivity index (χ3v) is 6.21. The van der Waals surface area contributed by atoms with Crippen LogP contribution < -0.4 is 0 Å². The molecule has 26 heavy (non-hydrogen) atoms. The van der Waals surface area contributed by atoms with Gasteiger partial charge in [0.25, 0.3) is 0 Å². The zero-order valence-corrected chi connectivity index (χ0v) is 17.4. The molecule has 3 atom stereocenters. The van der Waals surface area contributed by atoms with Crippen molar-refractivity contribution < 1.29 is 0 Å². The lowest BCUT2D eigenvalue weighted by Gasteiger charge is -2.32. The highest BCUT2D eigenvalue weighted by Gasteiger charge is 2.25. The third-order valence-electron chi connectivity index (χ3n) is 6.21. The second-order valence-corrected chi connectivity index (χ2v) is 9.85. The summed E-state index contributed by atoms with van der Waals surface area (Å²) in [5.74, 6) is 2.45. The Morgan fingerprint density at radius 2 is 1.81 bits per heavy atom. The van der Waals surface area contributed by atoms with E-state index in [1.54, 1.807) is 5.56 Å². The van der Waals surface area contributed by atoms with Crippen LogP contribution in [0.15, 0.2) is 54.2 Å². The minimum Gasteiger partial charge on any atom is -0.0958 e. The summed E-state index contributed by atoms with van der Waals surface area (Å²) in [4.78, 5) is 0. The molecule has 2 aliphatic carbocycles. The first-order chi connectivity index (χ1) is 12.2. The summed E-state index contributed by atoms with van der Waals surface area (Å²) in [6, 6.07) is 7.24. The van der Waals surface area contributed by atoms with Crippen molar-refractivity contribution in [1.29, 1.82) is 0 Å². The van der Waals surface area contributed by atoms with Crippen molar-refractivity contribution in [3.8, 4) is 0 Å². The maximum atomic E-state index is 4.20. The predicted octanol–water partition coefficient (Wildman–Crippen LogP) is 6.33. The van der Waals surface area contributed by atoms with Crippen LogP contribution in [0.5, 0.6) is 0 Å². The van der Waals surface area contributed by atoms with Gasteiger partial charge in [0.05, 0.1) is 0 Å². The van der Waals surface area contributed by atoms with Crippen molar-refractivity contribution in [3.63, 3.8) is 0 Å². The Hall–Kier alpha value is -1.50. The van der Waals surface area contributed by atoms with Crippen molar-refractivity contribution >= 4 is 7.85 Å². The van der Waals surface area contributed by atoms with Crippen LogP contribution in [0.4, 0.5) is 0 Å². The molecule has 2 aliphatic rings. The summed E-state index contributed by atoms with van der Waals surface area (Å²) in [5.41, 5.74) is 7.13. The third kappa shape index (κ3) is 4.81. The average molecular weight is 346 g/mol. The molecule has 3 unspecified atom stereocenters. The Labute approximate surface area is 161 Å². The molecule has 0 amide bonds. The van der Waals surface area contributed by atoms with E-state index in [0.29, 0.717) is 0 Å². The van der Waals surface area contributed by atoms with Crippen LogP contribution in [0, 0.1) is 18.8 Å². The summed E-state index contributed by atoms with van der Waals surface area (Å²) in [6.07, 6.45) is 13.1. The fourth-order valence-corrected chi connectivity index (χ4v) is 5.15. The molecule has 0 bridgehead atoms. The highest BCUT2D eigenvalue weighted by molar-refractivity contribution is 6.16. The Kier molecular flexibility index (Phi) is 5.65. The first-order valence-corrected chi connectivity index (χ1v) is 10.4. The van der Waals surface area contributed by atoms with Gasteiger partial charge in [-0.1, -0.05) is 69.4 Å². The van der Waals surface area contributed by atoms with Gasteiger partial charge in [0, 0.05) is 0 Å². The Bertz CT molecular complexity index is 725.